The number of amides is 1. The van der Waals surface area contributed by atoms with Crippen LogP contribution in [0.5, 0.6) is 5.75 Å². The van der Waals surface area contributed by atoms with Gasteiger partial charge in [0, 0.05) is 23.7 Å². The van der Waals surface area contributed by atoms with Crippen molar-refractivity contribution in [2.75, 3.05) is 12.3 Å². The van der Waals surface area contributed by atoms with Crippen LogP contribution in [0.1, 0.15) is 34.5 Å². The van der Waals surface area contributed by atoms with E-state index in [1.54, 1.807) is 11.3 Å². The molecule has 14 heteroatoms. The number of aromatic nitrogens is 3. The van der Waals surface area contributed by atoms with E-state index in [4.69, 9.17) is 15.2 Å². The average Bonchev–Trinajstić information content (AvgIpc) is 3.47. The summed E-state index contributed by atoms with van der Waals surface area (Å²) in [5, 5.41) is 0. The molecule has 4 heterocycles. The first kappa shape index (κ1) is 24.3. The number of carbonyl (C=O) groups is 1. The van der Waals surface area contributed by atoms with Crippen LogP contribution >= 0.6 is 0 Å². The fourth-order valence-electron chi connectivity index (χ4n) is 4.88. The maximum Gasteiger partial charge on any atom is 0.458 e. The molecule has 38 heavy (non-hydrogen) atoms. The lowest BCUT2D eigenvalue weighted by Gasteiger charge is -2.39. The Hall–Kier alpha value is -4.07. The number of carbonyl (C=O) groups excluding carboxylic acids is 1. The second-order valence-electron chi connectivity index (χ2n) is 9.13. The number of alkyl halides is 5. The highest BCUT2D eigenvalue weighted by molar-refractivity contribution is 5.99. The molecule has 2 aromatic heterocycles. The summed E-state index contributed by atoms with van der Waals surface area (Å²) in [7, 11) is 0. The predicted octanol–water partition coefficient (Wildman–Crippen LogP) is 4.58. The molecule has 0 aliphatic carbocycles. The van der Waals surface area contributed by atoms with Crippen LogP contribution in [0.2, 0.25) is 0 Å². The number of fused-ring (bicyclic) bond motifs is 6. The normalized spacial score (nSPS) is 21.4. The lowest BCUT2D eigenvalue weighted by atomic mass is 9.98. The summed E-state index contributed by atoms with van der Waals surface area (Å²) in [5.74, 6) is -6.93. The number of ether oxygens (including phenoxy) is 2. The van der Waals surface area contributed by atoms with Crippen molar-refractivity contribution >= 4 is 28.3 Å². The van der Waals surface area contributed by atoms with Crippen molar-refractivity contribution in [1.29, 1.82) is 0 Å². The Kier molecular flexibility index (Phi) is 5.09. The number of imidazole rings is 1. The van der Waals surface area contributed by atoms with Gasteiger partial charge in [0.05, 0.1) is 35.2 Å². The van der Waals surface area contributed by atoms with Crippen LogP contribution < -0.4 is 10.5 Å². The molecular formula is C24H17F6N5O3. The summed E-state index contributed by atoms with van der Waals surface area (Å²) in [6.45, 7) is 1.59. The quantitative estimate of drug-likeness (QED) is 0.377. The SMILES string of the molecule is C[C@H]1CN(C(=O)c2cc3c(cc2F)nc(N)c2cncn23)[C@H]2c3ccc(C(F)(F)C(F)(F)F)cc3O[C@H]2O1. The topological polar surface area (TPSA) is 95.0 Å². The molecule has 0 radical (unpaired) electrons. The van der Waals surface area contributed by atoms with Gasteiger partial charge in [-0.25, -0.2) is 14.4 Å². The molecule has 1 fully saturated rings. The van der Waals surface area contributed by atoms with Gasteiger partial charge in [0.25, 0.3) is 5.91 Å². The van der Waals surface area contributed by atoms with E-state index in [1.807, 2.05) is 0 Å². The number of nitrogen functional groups attached to an aromatic ring is 1. The molecule has 0 unspecified atom stereocenters. The highest BCUT2D eigenvalue weighted by Gasteiger charge is 2.59. The molecule has 3 atom stereocenters. The molecule has 1 amide bonds. The lowest BCUT2D eigenvalue weighted by molar-refractivity contribution is -0.289. The van der Waals surface area contributed by atoms with E-state index < -0.39 is 47.8 Å². The van der Waals surface area contributed by atoms with Crippen molar-refractivity contribution in [3.8, 4) is 5.75 Å². The van der Waals surface area contributed by atoms with Gasteiger partial charge in [-0.2, -0.15) is 22.0 Å². The number of rotatable bonds is 2. The highest BCUT2D eigenvalue weighted by atomic mass is 19.4. The maximum atomic E-state index is 15.2. The zero-order valence-electron chi connectivity index (χ0n) is 19.3. The first-order chi connectivity index (χ1) is 17.9. The third kappa shape index (κ3) is 3.46. The monoisotopic (exact) mass is 537 g/mol. The number of nitrogens with two attached hydrogens (primary N) is 1. The number of halogens is 6. The minimum absolute atomic E-state index is 0.0266. The highest BCUT2D eigenvalue weighted by Crippen LogP contribution is 2.49. The largest absolute Gasteiger partial charge is 0.462 e. The molecule has 6 rings (SSSR count). The molecule has 2 aliphatic heterocycles. The molecule has 2 N–H and O–H groups in total. The third-order valence-corrected chi connectivity index (χ3v) is 6.66. The zero-order chi connectivity index (χ0) is 27.1. The van der Waals surface area contributed by atoms with E-state index in [2.05, 4.69) is 9.97 Å². The van der Waals surface area contributed by atoms with Gasteiger partial charge in [-0.15, -0.1) is 0 Å². The van der Waals surface area contributed by atoms with Gasteiger partial charge >= 0.3 is 12.1 Å². The predicted molar refractivity (Wildman–Crippen MR) is 120 cm³/mol. The van der Waals surface area contributed by atoms with Gasteiger partial charge in [0.1, 0.15) is 28.9 Å². The molecule has 0 bridgehead atoms. The van der Waals surface area contributed by atoms with Gasteiger partial charge in [0.2, 0.25) is 6.29 Å². The van der Waals surface area contributed by atoms with E-state index in [1.165, 1.54) is 23.5 Å². The number of benzene rings is 2. The second kappa shape index (κ2) is 7.96. The molecule has 1 saturated heterocycles. The molecule has 198 valence electrons. The van der Waals surface area contributed by atoms with E-state index in [0.717, 1.165) is 12.1 Å². The number of morpholine rings is 1. The molecule has 8 nitrogen and oxygen atoms in total. The second-order valence-corrected chi connectivity index (χ2v) is 9.13. The summed E-state index contributed by atoms with van der Waals surface area (Å²) in [6.07, 6.45) is -4.73. The van der Waals surface area contributed by atoms with Crippen LogP contribution in [0.15, 0.2) is 42.9 Å². The number of anilines is 1. The number of hydrogen-bond donors (Lipinski definition) is 1. The van der Waals surface area contributed by atoms with Crippen LogP contribution in [0.25, 0.3) is 16.6 Å². The standard InChI is InChI=1S/C24H17F6N5O3/c1-10-8-34(19-12-3-2-11(23(26,27)24(28,29)30)4-18(12)38-22(19)37-10)21(36)13-5-16-15(6-14(13)25)33-20(31)17-7-32-9-35(16)17/h2-7,9-10,19,22H,8H2,1H3,(H2,31,33)/t10-,19-,22+/m0/s1. The summed E-state index contributed by atoms with van der Waals surface area (Å²) >= 11 is 0. The average molecular weight is 537 g/mol. The van der Waals surface area contributed by atoms with Crippen LogP contribution in [0.4, 0.5) is 32.2 Å². The van der Waals surface area contributed by atoms with Crippen molar-refractivity contribution < 1.29 is 40.6 Å². The van der Waals surface area contributed by atoms with Crippen LogP contribution in [-0.4, -0.2) is 50.3 Å². The van der Waals surface area contributed by atoms with Crippen molar-refractivity contribution in [1.82, 2.24) is 19.3 Å². The summed E-state index contributed by atoms with van der Waals surface area (Å²) in [5.41, 5.74) is 5.42. The minimum atomic E-state index is -5.81. The fraction of sp³-hybridized carbons (Fsp3) is 0.292. The smallest absolute Gasteiger partial charge is 0.458 e. The number of hydrogen-bond acceptors (Lipinski definition) is 6. The van der Waals surface area contributed by atoms with E-state index in [9.17, 15) is 26.7 Å². The van der Waals surface area contributed by atoms with E-state index >= 15 is 4.39 Å². The first-order valence-corrected chi connectivity index (χ1v) is 11.3. The Morgan fingerprint density at radius 3 is 2.63 bits per heavy atom. The van der Waals surface area contributed by atoms with Gasteiger partial charge in [-0.1, -0.05) is 12.1 Å². The molecule has 2 aliphatic rings. The third-order valence-electron chi connectivity index (χ3n) is 6.66. The van der Waals surface area contributed by atoms with E-state index in [0.29, 0.717) is 23.2 Å². The van der Waals surface area contributed by atoms with Crippen LogP contribution in [-0.2, 0) is 10.7 Å². The zero-order valence-corrected chi connectivity index (χ0v) is 19.3. The van der Waals surface area contributed by atoms with Gasteiger partial charge in [-0.3, -0.25) is 9.20 Å². The molecular weight excluding hydrogens is 520 g/mol. The summed E-state index contributed by atoms with van der Waals surface area (Å²) < 4.78 is 94.6. The number of nitrogens with zero attached hydrogens (tertiary/aromatic N) is 4. The lowest BCUT2D eigenvalue weighted by Crippen LogP contribution is -2.51. The van der Waals surface area contributed by atoms with Gasteiger partial charge in [0.15, 0.2) is 0 Å². The van der Waals surface area contributed by atoms with Gasteiger partial charge < -0.3 is 20.1 Å². The Morgan fingerprint density at radius 1 is 1.13 bits per heavy atom. The van der Waals surface area contributed by atoms with Crippen molar-refractivity contribution in [2.24, 2.45) is 0 Å². The van der Waals surface area contributed by atoms with Gasteiger partial charge in [-0.05, 0) is 19.1 Å². The first-order valence-electron chi connectivity index (χ1n) is 11.3. The molecule has 2 aromatic carbocycles. The summed E-state index contributed by atoms with van der Waals surface area (Å²) in [4.78, 5) is 23.1. The molecule has 4 aromatic rings. The Morgan fingerprint density at radius 2 is 1.89 bits per heavy atom. The van der Waals surface area contributed by atoms with Crippen molar-refractivity contribution in [3.63, 3.8) is 0 Å². The van der Waals surface area contributed by atoms with Crippen molar-refractivity contribution in [3.05, 3.63) is 65.4 Å². The van der Waals surface area contributed by atoms with E-state index in [-0.39, 0.29) is 34.8 Å². The minimum Gasteiger partial charge on any atom is -0.462 e. The maximum absolute atomic E-state index is 15.2. The Balaban J connectivity index is 1.42. The molecule has 0 saturated carbocycles. The fourth-order valence-corrected chi connectivity index (χ4v) is 4.88. The van der Waals surface area contributed by atoms with Crippen LogP contribution in [0, 0.1) is 5.82 Å². The van der Waals surface area contributed by atoms with Crippen LogP contribution in [0.3, 0.4) is 0 Å². The Labute approximate surface area is 209 Å². The Bertz CT molecular complexity index is 1620. The summed E-state index contributed by atoms with van der Waals surface area (Å²) in [6, 6.07) is 3.58. The molecule has 0 spiro atoms. The van der Waals surface area contributed by atoms with Crippen molar-refractivity contribution in [2.45, 2.75) is 37.5 Å².